The van der Waals surface area contributed by atoms with Crippen LogP contribution >= 0.6 is 0 Å². The highest BCUT2D eigenvalue weighted by Gasteiger charge is 2.49. The summed E-state index contributed by atoms with van der Waals surface area (Å²) < 4.78 is 26.4. The van der Waals surface area contributed by atoms with Crippen molar-refractivity contribution in [2.75, 3.05) is 6.54 Å². The van der Waals surface area contributed by atoms with Crippen molar-refractivity contribution in [1.29, 1.82) is 0 Å². The first kappa shape index (κ1) is 18.3. The lowest BCUT2D eigenvalue weighted by Crippen LogP contribution is -2.41. The molecule has 5 nitrogen and oxygen atoms in total. The van der Waals surface area contributed by atoms with Crippen molar-refractivity contribution in [3.05, 3.63) is 70.3 Å². The second-order valence-corrected chi connectivity index (χ2v) is 7.34. The maximum absolute atomic E-state index is 13.4. The minimum Gasteiger partial charge on any atom is -0.319 e. The zero-order chi connectivity index (χ0) is 20.1. The van der Waals surface area contributed by atoms with Gasteiger partial charge in [-0.2, -0.15) is 0 Å². The Morgan fingerprint density at radius 2 is 1.82 bits per heavy atom. The summed E-state index contributed by atoms with van der Waals surface area (Å²) in [6.07, 6.45) is 2.99. The molecule has 1 fully saturated rings. The van der Waals surface area contributed by atoms with Crippen LogP contribution in [0.4, 0.5) is 13.6 Å². The van der Waals surface area contributed by atoms with Gasteiger partial charge < -0.3 is 5.32 Å². The third kappa shape index (κ3) is 2.87. The van der Waals surface area contributed by atoms with E-state index in [1.807, 2.05) is 18.2 Å². The van der Waals surface area contributed by atoms with Gasteiger partial charge >= 0.3 is 6.03 Å². The van der Waals surface area contributed by atoms with Gasteiger partial charge in [0.1, 0.15) is 5.54 Å². The Bertz CT molecular complexity index is 1020. The van der Waals surface area contributed by atoms with Crippen LogP contribution in [0.5, 0.6) is 0 Å². The van der Waals surface area contributed by atoms with Gasteiger partial charge in [-0.3, -0.25) is 14.5 Å². The molecular weight excluding hydrogens is 366 g/mol. The number of aryl methyl sites for hydroxylation is 2. The molecular formula is C21H18F2N2O3. The molecule has 28 heavy (non-hydrogen) atoms. The molecule has 1 aliphatic carbocycles. The van der Waals surface area contributed by atoms with Crippen molar-refractivity contribution in [2.24, 2.45) is 0 Å². The number of carbonyl (C=O) groups excluding carboxylic acids is 3. The van der Waals surface area contributed by atoms with Crippen molar-refractivity contribution >= 4 is 17.7 Å². The molecule has 0 radical (unpaired) electrons. The average Bonchev–Trinajstić information content (AvgIpc) is 3.22. The van der Waals surface area contributed by atoms with Crippen LogP contribution < -0.4 is 5.32 Å². The summed E-state index contributed by atoms with van der Waals surface area (Å²) in [5, 5.41) is 2.67. The fourth-order valence-electron chi connectivity index (χ4n) is 3.82. The largest absolute Gasteiger partial charge is 0.325 e. The van der Waals surface area contributed by atoms with Crippen LogP contribution in [0.25, 0.3) is 0 Å². The molecule has 1 heterocycles. The molecule has 7 heteroatoms. The van der Waals surface area contributed by atoms with E-state index in [4.69, 9.17) is 0 Å². The highest BCUT2D eigenvalue weighted by Crippen LogP contribution is 2.32. The number of urea groups is 1. The summed E-state index contributed by atoms with van der Waals surface area (Å²) in [5.74, 6) is -3.44. The van der Waals surface area contributed by atoms with E-state index in [0.29, 0.717) is 5.56 Å². The Labute approximate surface area is 160 Å². The minimum atomic E-state index is -1.27. The van der Waals surface area contributed by atoms with Crippen LogP contribution in [-0.4, -0.2) is 29.2 Å². The second kappa shape index (κ2) is 6.51. The third-order valence-corrected chi connectivity index (χ3v) is 5.49. The summed E-state index contributed by atoms with van der Waals surface area (Å²) >= 11 is 0. The molecule has 1 aliphatic heterocycles. The maximum atomic E-state index is 13.4. The van der Waals surface area contributed by atoms with E-state index in [2.05, 4.69) is 5.32 Å². The molecule has 0 saturated carbocycles. The van der Waals surface area contributed by atoms with E-state index in [1.54, 1.807) is 6.92 Å². The van der Waals surface area contributed by atoms with Gasteiger partial charge in [0, 0.05) is 5.56 Å². The molecule has 0 unspecified atom stereocenters. The van der Waals surface area contributed by atoms with Gasteiger partial charge in [0.15, 0.2) is 17.4 Å². The number of halogens is 2. The molecule has 144 valence electrons. The first-order chi connectivity index (χ1) is 13.3. The van der Waals surface area contributed by atoms with Crippen LogP contribution in [0, 0.1) is 11.6 Å². The molecule has 3 amide bonds. The maximum Gasteiger partial charge on any atom is 0.325 e. The Morgan fingerprint density at radius 1 is 1.07 bits per heavy atom. The van der Waals surface area contributed by atoms with Gasteiger partial charge in [-0.15, -0.1) is 0 Å². The Hall–Kier alpha value is -3.09. The van der Waals surface area contributed by atoms with Crippen molar-refractivity contribution in [3.8, 4) is 0 Å². The number of carbonyl (C=O) groups is 3. The van der Waals surface area contributed by atoms with E-state index < -0.39 is 41.4 Å². The van der Waals surface area contributed by atoms with E-state index in [9.17, 15) is 23.2 Å². The van der Waals surface area contributed by atoms with Gasteiger partial charge in [-0.1, -0.05) is 18.2 Å². The smallest absolute Gasteiger partial charge is 0.319 e. The molecule has 0 aromatic heterocycles. The SMILES string of the molecule is C[C@]1(c2ccc3c(c2)CCC3)NC(=O)N(CC(=O)c2ccc(F)c(F)c2)C1=O. The standard InChI is InChI=1S/C21H18F2N2O3/c1-21(15-7-5-12-3-2-4-13(12)9-15)19(27)25(20(28)24-21)11-18(26)14-6-8-16(22)17(23)10-14/h5-10H,2-4,11H2,1H3,(H,24,28)/t21-/m1/s1. The zero-order valence-electron chi connectivity index (χ0n) is 15.2. The number of hydrogen-bond acceptors (Lipinski definition) is 3. The summed E-state index contributed by atoms with van der Waals surface area (Å²) in [7, 11) is 0. The normalized spacial score (nSPS) is 21.0. The molecule has 0 spiro atoms. The first-order valence-electron chi connectivity index (χ1n) is 9.04. The molecule has 1 saturated heterocycles. The Balaban J connectivity index is 1.58. The zero-order valence-corrected chi connectivity index (χ0v) is 15.2. The molecule has 4 rings (SSSR count). The Morgan fingerprint density at radius 3 is 2.57 bits per heavy atom. The molecule has 2 aromatic carbocycles. The van der Waals surface area contributed by atoms with Crippen LogP contribution in [0.15, 0.2) is 36.4 Å². The highest BCUT2D eigenvalue weighted by atomic mass is 19.2. The second-order valence-electron chi connectivity index (χ2n) is 7.34. The Kier molecular flexibility index (Phi) is 4.25. The van der Waals surface area contributed by atoms with Crippen LogP contribution in [0.2, 0.25) is 0 Å². The van der Waals surface area contributed by atoms with Gasteiger partial charge in [-0.25, -0.2) is 13.6 Å². The lowest BCUT2D eigenvalue weighted by molar-refractivity contribution is -0.130. The number of Topliss-reactive ketones (excluding diaryl/α,β-unsaturated/α-hetero) is 1. The van der Waals surface area contributed by atoms with Gasteiger partial charge in [0.2, 0.25) is 0 Å². The highest BCUT2D eigenvalue weighted by molar-refractivity contribution is 6.11. The number of nitrogens with zero attached hydrogens (tertiary/aromatic N) is 1. The van der Waals surface area contributed by atoms with E-state index >= 15 is 0 Å². The lowest BCUT2D eigenvalue weighted by atomic mass is 9.89. The lowest BCUT2D eigenvalue weighted by Gasteiger charge is -2.23. The summed E-state index contributed by atoms with van der Waals surface area (Å²) in [6.45, 7) is 1.06. The quantitative estimate of drug-likeness (QED) is 0.651. The summed E-state index contributed by atoms with van der Waals surface area (Å²) in [6, 6.07) is 7.75. The molecule has 1 N–H and O–H groups in total. The molecule has 0 bridgehead atoms. The predicted molar refractivity (Wildman–Crippen MR) is 96.8 cm³/mol. The molecule has 1 atom stereocenters. The van der Waals surface area contributed by atoms with Gasteiger partial charge in [0.05, 0.1) is 6.54 Å². The number of imide groups is 1. The average molecular weight is 384 g/mol. The van der Waals surface area contributed by atoms with Gasteiger partial charge in [0.25, 0.3) is 5.91 Å². The van der Waals surface area contributed by atoms with Crippen LogP contribution in [0.3, 0.4) is 0 Å². The van der Waals surface area contributed by atoms with Crippen LogP contribution in [-0.2, 0) is 23.2 Å². The first-order valence-corrected chi connectivity index (χ1v) is 9.04. The number of ketones is 1. The number of nitrogens with one attached hydrogen (secondary N) is 1. The number of benzene rings is 2. The monoisotopic (exact) mass is 384 g/mol. The van der Waals surface area contributed by atoms with E-state index in [0.717, 1.165) is 47.9 Å². The predicted octanol–water partition coefficient (Wildman–Crippen LogP) is 3.10. The summed E-state index contributed by atoms with van der Waals surface area (Å²) in [4.78, 5) is 38.6. The van der Waals surface area contributed by atoms with Crippen LogP contribution in [0.1, 0.15) is 40.4 Å². The van der Waals surface area contributed by atoms with Crippen molar-refractivity contribution in [1.82, 2.24) is 10.2 Å². The van der Waals surface area contributed by atoms with E-state index in [-0.39, 0.29) is 5.56 Å². The number of amides is 3. The molecule has 2 aromatic rings. The van der Waals surface area contributed by atoms with Crippen molar-refractivity contribution in [2.45, 2.75) is 31.7 Å². The van der Waals surface area contributed by atoms with E-state index in [1.165, 1.54) is 5.56 Å². The van der Waals surface area contributed by atoms with Crippen molar-refractivity contribution in [3.63, 3.8) is 0 Å². The van der Waals surface area contributed by atoms with Gasteiger partial charge in [-0.05, 0) is 61.1 Å². The minimum absolute atomic E-state index is 0.106. The number of hydrogen-bond donors (Lipinski definition) is 1. The molecule has 2 aliphatic rings. The van der Waals surface area contributed by atoms with Crippen molar-refractivity contribution < 1.29 is 23.2 Å². The fraction of sp³-hybridized carbons (Fsp3) is 0.286. The number of rotatable bonds is 4. The number of fused-ring (bicyclic) bond motifs is 1. The topological polar surface area (TPSA) is 66.5 Å². The fourth-order valence-corrected chi connectivity index (χ4v) is 3.82. The third-order valence-electron chi connectivity index (χ3n) is 5.49. The summed E-state index contributed by atoms with van der Waals surface area (Å²) in [5.41, 5.74) is 1.69.